The molecule has 0 aliphatic carbocycles. The molecule has 0 aliphatic heterocycles. The highest BCUT2D eigenvalue weighted by molar-refractivity contribution is 7.88. The van der Waals surface area contributed by atoms with Gasteiger partial charge in [-0.05, 0) is 17.7 Å². The number of halogens is 1. The van der Waals surface area contributed by atoms with E-state index in [1.807, 2.05) is 18.2 Å². The van der Waals surface area contributed by atoms with Gasteiger partial charge in [0.25, 0.3) is 0 Å². The van der Waals surface area contributed by atoms with Crippen LogP contribution in [0.2, 0.25) is 5.02 Å². The Labute approximate surface area is 180 Å². The predicted octanol–water partition coefficient (Wildman–Crippen LogP) is 2.81. The molecule has 3 rings (SSSR count). The minimum Gasteiger partial charge on any atom is -0.337 e. The fourth-order valence-corrected chi connectivity index (χ4v) is 3.66. The van der Waals surface area contributed by atoms with Crippen molar-refractivity contribution in [3.63, 3.8) is 0 Å². The van der Waals surface area contributed by atoms with Crippen molar-refractivity contribution >= 4 is 27.5 Å². The molecular weight excluding hydrogens is 428 g/mol. The predicted molar refractivity (Wildman–Crippen MR) is 113 cm³/mol. The Hall–Kier alpha value is -2.75. The van der Waals surface area contributed by atoms with Gasteiger partial charge in [0.1, 0.15) is 0 Å². The van der Waals surface area contributed by atoms with Crippen LogP contribution in [0.3, 0.4) is 0 Å². The third-order valence-corrected chi connectivity index (χ3v) is 5.89. The van der Waals surface area contributed by atoms with E-state index in [4.69, 9.17) is 16.1 Å². The maximum absolute atomic E-state index is 12.6. The second-order valence-electron chi connectivity index (χ2n) is 6.76. The number of hydrogen-bond donors (Lipinski definition) is 0. The van der Waals surface area contributed by atoms with Crippen LogP contribution < -0.4 is 0 Å². The summed E-state index contributed by atoms with van der Waals surface area (Å²) < 4.78 is 30.6. The van der Waals surface area contributed by atoms with E-state index >= 15 is 0 Å². The summed E-state index contributed by atoms with van der Waals surface area (Å²) >= 11 is 6.14. The van der Waals surface area contributed by atoms with Crippen LogP contribution in [0.4, 0.5) is 0 Å². The van der Waals surface area contributed by atoms with E-state index in [1.165, 1.54) is 4.90 Å². The van der Waals surface area contributed by atoms with Crippen LogP contribution in [0, 0.1) is 0 Å². The molecule has 158 valence electrons. The van der Waals surface area contributed by atoms with Gasteiger partial charge < -0.3 is 9.42 Å². The SMILES string of the molecule is CN(Cc1nc(-c2ccccc2Cl)no1)C(=O)CN(Cc1ccccc1)S(C)(=O)=O. The average molecular weight is 449 g/mol. The molecule has 2 aromatic carbocycles. The summed E-state index contributed by atoms with van der Waals surface area (Å²) in [5.74, 6) is 0.141. The zero-order chi connectivity index (χ0) is 21.7. The van der Waals surface area contributed by atoms with Gasteiger partial charge >= 0.3 is 0 Å². The van der Waals surface area contributed by atoms with Crippen molar-refractivity contribution in [1.29, 1.82) is 0 Å². The quantitative estimate of drug-likeness (QED) is 0.525. The number of nitrogens with zero attached hydrogens (tertiary/aromatic N) is 4. The molecule has 8 nitrogen and oxygen atoms in total. The van der Waals surface area contributed by atoms with Crippen LogP contribution in [0.15, 0.2) is 59.1 Å². The van der Waals surface area contributed by atoms with Crippen molar-refractivity contribution in [3.8, 4) is 11.4 Å². The van der Waals surface area contributed by atoms with Gasteiger partial charge in [-0.25, -0.2) is 8.42 Å². The molecule has 0 saturated carbocycles. The standard InChI is InChI=1S/C20H21ClN4O4S/c1-24(13-18-22-20(23-29-18)16-10-6-7-11-17(16)21)19(26)14-25(30(2,27)28)12-15-8-4-3-5-9-15/h3-11H,12-14H2,1-2H3. The average Bonchev–Trinajstić information content (AvgIpc) is 3.16. The van der Waals surface area contributed by atoms with E-state index in [0.717, 1.165) is 16.1 Å². The molecule has 3 aromatic rings. The first-order chi connectivity index (χ1) is 14.2. The molecule has 0 bridgehead atoms. The van der Waals surface area contributed by atoms with Gasteiger partial charge in [-0.15, -0.1) is 0 Å². The summed E-state index contributed by atoms with van der Waals surface area (Å²) in [5.41, 5.74) is 1.41. The lowest BCUT2D eigenvalue weighted by atomic mass is 10.2. The van der Waals surface area contributed by atoms with Crippen LogP contribution in [0.5, 0.6) is 0 Å². The Morgan fingerprint density at radius 3 is 2.40 bits per heavy atom. The fourth-order valence-electron chi connectivity index (χ4n) is 2.71. The molecule has 1 aromatic heterocycles. The molecule has 0 spiro atoms. The molecule has 0 saturated heterocycles. The Morgan fingerprint density at radius 1 is 1.07 bits per heavy atom. The monoisotopic (exact) mass is 448 g/mol. The maximum atomic E-state index is 12.6. The lowest BCUT2D eigenvalue weighted by Gasteiger charge is -2.22. The lowest BCUT2D eigenvalue weighted by Crippen LogP contribution is -2.40. The van der Waals surface area contributed by atoms with E-state index in [0.29, 0.717) is 16.4 Å². The summed E-state index contributed by atoms with van der Waals surface area (Å²) in [5, 5.41) is 4.39. The van der Waals surface area contributed by atoms with Crippen molar-refractivity contribution in [2.45, 2.75) is 13.1 Å². The molecule has 30 heavy (non-hydrogen) atoms. The largest absolute Gasteiger partial charge is 0.337 e. The molecular formula is C20H21ClN4O4S. The third kappa shape index (κ3) is 5.65. The Kier molecular flexibility index (Phi) is 6.86. The number of sulfonamides is 1. The summed E-state index contributed by atoms with van der Waals surface area (Å²) in [4.78, 5) is 18.2. The van der Waals surface area contributed by atoms with Gasteiger partial charge in [-0.2, -0.15) is 9.29 Å². The lowest BCUT2D eigenvalue weighted by molar-refractivity contribution is -0.131. The smallest absolute Gasteiger partial charge is 0.246 e. The van der Waals surface area contributed by atoms with E-state index in [9.17, 15) is 13.2 Å². The molecule has 0 radical (unpaired) electrons. The van der Waals surface area contributed by atoms with Crippen LogP contribution >= 0.6 is 11.6 Å². The first-order valence-electron chi connectivity index (χ1n) is 9.04. The highest BCUT2D eigenvalue weighted by Crippen LogP contribution is 2.25. The molecule has 0 atom stereocenters. The highest BCUT2D eigenvalue weighted by Gasteiger charge is 2.23. The van der Waals surface area contributed by atoms with Crippen LogP contribution in [0.1, 0.15) is 11.5 Å². The fraction of sp³-hybridized carbons (Fsp3) is 0.250. The summed E-state index contributed by atoms with van der Waals surface area (Å²) in [6.07, 6.45) is 1.08. The molecule has 10 heteroatoms. The number of amides is 1. The van der Waals surface area contributed by atoms with E-state index < -0.39 is 15.9 Å². The van der Waals surface area contributed by atoms with Gasteiger partial charge in [0.2, 0.25) is 27.6 Å². The summed E-state index contributed by atoms with van der Waals surface area (Å²) in [6, 6.07) is 16.2. The molecule has 0 aliphatic rings. The number of rotatable bonds is 8. The van der Waals surface area contributed by atoms with Crippen molar-refractivity contribution in [2.75, 3.05) is 19.8 Å². The maximum Gasteiger partial charge on any atom is 0.246 e. The molecule has 0 unspecified atom stereocenters. The van der Waals surface area contributed by atoms with E-state index in [1.54, 1.807) is 43.4 Å². The van der Waals surface area contributed by atoms with Gasteiger partial charge in [0.15, 0.2) is 0 Å². The third-order valence-electron chi connectivity index (χ3n) is 4.36. The number of carbonyl (C=O) groups excluding carboxylic acids is 1. The second-order valence-corrected chi connectivity index (χ2v) is 9.15. The van der Waals surface area contributed by atoms with Gasteiger partial charge in [-0.1, -0.05) is 59.2 Å². The zero-order valence-corrected chi connectivity index (χ0v) is 18.1. The number of benzene rings is 2. The van der Waals surface area contributed by atoms with E-state index in [2.05, 4.69) is 10.1 Å². The van der Waals surface area contributed by atoms with Crippen LogP contribution in [-0.2, 0) is 27.9 Å². The molecule has 1 amide bonds. The Bertz CT molecular complexity index is 1120. The van der Waals surface area contributed by atoms with Gasteiger partial charge in [-0.3, -0.25) is 4.79 Å². The number of likely N-dealkylation sites (N-methyl/N-ethyl adjacent to an activating group) is 1. The Balaban J connectivity index is 1.67. The second kappa shape index (κ2) is 9.38. The minimum absolute atomic E-state index is 0.0409. The van der Waals surface area contributed by atoms with Crippen molar-refractivity contribution in [2.24, 2.45) is 0 Å². The van der Waals surface area contributed by atoms with Crippen LogP contribution in [-0.4, -0.2) is 53.5 Å². The van der Waals surface area contributed by atoms with Crippen molar-refractivity contribution < 1.29 is 17.7 Å². The first kappa shape index (κ1) is 21.9. The van der Waals surface area contributed by atoms with Crippen molar-refractivity contribution in [1.82, 2.24) is 19.3 Å². The summed E-state index contributed by atoms with van der Waals surface area (Å²) in [6.45, 7) is -0.147. The molecule has 0 fully saturated rings. The van der Waals surface area contributed by atoms with Crippen molar-refractivity contribution in [3.05, 3.63) is 71.1 Å². The topological polar surface area (TPSA) is 96.6 Å². The minimum atomic E-state index is -3.58. The van der Waals surface area contributed by atoms with Crippen LogP contribution in [0.25, 0.3) is 11.4 Å². The highest BCUT2D eigenvalue weighted by atomic mass is 35.5. The summed E-state index contributed by atoms with van der Waals surface area (Å²) in [7, 11) is -2.04. The van der Waals surface area contributed by atoms with Gasteiger partial charge in [0.05, 0.1) is 24.4 Å². The molecule has 0 N–H and O–H groups in total. The number of hydrogen-bond acceptors (Lipinski definition) is 6. The zero-order valence-electron chi connectivity index (χ0n) is 16.5. The molecule has 1 heterocycles. The normalized spacial score (nSPS) is 11.6. The number of aromatic nitrogens is 2. The van der Waals surface area contributed by atoms with Gasteiger partial charge in [0, 0.05) is 19.2 Å². The number of carbonyl (C=O) groups is 1. The Morgan fingerprint density at radius 2 is 1.73 bits per heavy atom. The van der Waals surface area contributed by atoms with E-state index in [-0.39, 0.29) is 25.5 Å². The first-order valence-corrected chi connectivity index (χ1v) is 11.3.